The van der Waals surface area contributed by atoms with E-state index in [1.54, 1.807) is 42.5 Å². The average Bonchev–Trinajstić information content (AvgIpc) is 3.43. The van der Waals surface area contributed by atoms with Gasteiger partial charge in [0.2, 0.25) is 11.8 Å². The van der Waals surface area contributed by atoms with Crippen LogP contribution in [0.4, 0.5) is 5.69 Å². The van der Waals surface area contributed by atoms with E-state index < -0.39 is 17.1 Å². The molecule has 0 aliphatic carbocycles. The van der Waals surface area contributed by atoms with Gasteiger partial charge in [-0.2, -0.15) is 0 Å². The molecular weight excluding hydrogens is 591 g/mol. The second-order valence-electron chi connectivity index (χ2n) is 9.53. The Kier molecular flexibility index (Phi) is 7.16. The summed E-state index contributed by atoms with van der Waals surface area (Å²) in [6.07, 6.45) is 0. The van der Waals surface area contributed by atoms with Gasteiger partial charge >= 0.3 is 4.87 Å². The molecule has 40 heavy (non-hydrogen) atoms. The third-order valence-corrected chi connectivity index (χ3v) is 10.0. The number of imide groups is 1. The standard InChI is InChI=1S/C29H22Cl2N2O5S2/c1-14-3-8-18(9-4-14)33-27(34)23-22(24-26(32-29(36)40-24)39-25(23)28(33)35)15-6-10-20(21(11-15)37-2)38-13-16-5-7-17(30)12-19(16)31/h3-12,22-23,25H,13H2,1-2H3,(H,32,36)/t22-,23-,25+/m0/s1. The molecule has 2 aliphatic heterocycles. The summed E-state index contributed by atoms with van der Waals surface area (Å²) < 4.78 is 11.7. The number of H-pyrrole nitrogens is 1. The molecule has 11 heteroatoms. The van der Waals surface area contributed by atoms with Crippen molar-refractivity contribution in [2.24, 2.45) is 5.92 Å². The van der Waals surface area contributed by atoms with Crippen LogP contribution in [-0.2, 0) is 16.2 Å². The van der Waals surface area contributed by atoms with Gasteiger partial charge in [0, 0.05) is 26.4 Å². The fourth-order valence-corrected chi connectivity index (χ4v) is 8.09. The highest BCUT2D eigenvalue weighted by molar-refractivity contribution is 8.00. The molecule has 1 aromatic heterocycles. The van der Waals surface area contributed by atoms with Gasteiger partial charge in [0.05, 0.1) is 23.7 Å². The van der Waals surface area contributed by atoms with Crippen molar-refractivity contribution in [1.29, 1.82) is 0 Å². The molecule has 4 aromatic rings. The third-order valence-electron chi connectivity index (χ3n) is 7.06. The number of amides is 2. The summed E-state index contributed by atoms with van der Waals surface area (Å²) >= 11 is 14.6. The third kappa shape index (κ3) is 4.71. The molecule has 7 nitrogen and oxygen atoms in total. The zero-order valence-electron chi connectivity index (χ0n) is 21.3. The van der Waals surface area contributed by atoms with E-state index >= 15 is 0 Å². The van der Waals surface area contributed by atoms with Gasteiger partial charge in [-0.1, -0.05) is 76.1 Å². The number of aromatic amines is 1. The Bertz CT molecular complexity index is 1700. The number of rotatable bonds is 6. The van der Waals surface area contributed by atoms with Crippen LogP contribution < -0.4 is 19.2 Å². The first-order chi connectivity index (χ1) is 19.2. The number of carbonyl (C=O) groups excluding carboxylic acids is 2. The van der Waals surface area contributed by atoms with E-state index in [2.05, 4.69) is 4.98 Å². The lowest BCUT2D eigenvalue weighted by atomic mass is 9.83. The maximum absolute atomic E-state index is 13.9. The van der Waals surface area contributed by atoms with Gasteiger partial charge in [0.1, 0.15) is 11.9 Å². The predicted octanol–water partition coefficient (Wildman–Crippen LogP) is 6.44. The van der Waals surface area contributed by atoms with Crippen LogP contribution in [0.15, 0.2) is 70.5 Å². The minimum atomic E-state index is -0.692. The van der Waals surface area contributed by atoms with E-state index in [9.17, 15) is 14.4 Å². The lowest BCUT2D eigenvalue weighted by Crippen LogP contribution is -2.32. The van der Waals surface area contributed by atoms with Gasteiger partial charge in [-0.05, 0) is 48.9 Å². The molecule has 3 aromatic carbocycles. The van der Waals surface area contributed by atoms with E-state index in [1.165, 1.54) is 23.8 Å². The Morgan fingerprint density at radius 2 is 1.73 bits per heavy atom. The Balaban J connectivity index is 1.37. The number of anilines is 1. The predicted molar refractivity (Wildman–Crippen MR) is 157 cm³/mol. The molecule has 0 bridgehead atoms. The number of aryl methyl sites for hydroxylation is 1. The normalized spacial score (nSPS) is 19.9. The molecule has 204 valence electrons. The Morgan fingerprint density at radius 3 is 2.45 bits per heavy atom. The molecule has 0 radical (unpaired) electrons. The fourth-order valence-electron chi connectivity index (χ4n) is 5.12. The van der Waals surface area contributed by atoms with Gasteiger partial charge < -0.3 is 14.5 Å². The van der Waals surface area contributed by atoms with Crippen molar-refractivity contribution in [2.75, 3.05) is 12.0 Å². The molecule has 0 spiro atoms. The van der Waals surface area contributed by atoms with Crippen LogP contribution in [0.2, 0.25) is 10.0 Å². The van der Waals surface area contributed by atoms with Gasteiger partial charge in [0.15, 0.2) is 11.5 Å². The number of aromatic nitrogens is 1. The highest BCUT2D eigenvalue weighted by atomic mass is 35.5. The molecule has 2 aliphatic rings. The van der Waals surface area contributed by atoms with Crippen molar-refractivity contribution in [1.82, 2.24) is 4.98 Å². The highest BCUT2D eigenvalue weighted by Gasteiger charge is 2.56. The number of methoxy groups -OCH3 is 1. The molecular formula is C29H22Cl2N2O5S2. The second-order valence-corrected chi connectivity index (χ2v) is 12.5. The van der Waals surface area contributed by atoms with Crippen molar-refractivity contribution in [3.63, 3.8) is 0 Å². The number of benzene rings is 3. The maximum Gasteiger partial charge on any atom is 0.305 e. The topological polar surface area (TPSA) is 88.7 Å². The van der Waals surface area contributed by atoms with Crippen molar-refractivity contribution in [3.8, 4) is 11.5 Å². The van der Waals surface area contributed by atoms with E-state index in [0.717, 1.165) is 32.9 Å². The lowest BCUT2D eigenvalue weighted by Gasteiger charge is -2.30. The summed E-state index contributed by atoms with van der Waals surface area (Å²) in [5, 5.41) is 0.966. The summed E-state index contributed by atoms with van der Waals surface area (Å²) in [5.74, 6) is -0.865. The first-order valence-electron chi connectivity index (χ1n) is 12.3. The summed E-state index contributed by atoms with van der Waals surface area (Å²) in [4.78, 5) is 44.5. The van der Waals surface area contributed by atoms with Gasteiger partial charge in [-0.3, -0.25) is 14.4 Å². The quantitative estimate of drug-likeness (QED) is 0.252. The molecule has 1 saturated heterocycles. The highest BCUT2D eigenvalue weighted by Crippen LogP contribution is 2.53. The van der Waals surface area contributed by atoms with Crippen LogP contribution in [-0.4, -0.2) is 29.2 Å². The zero-order chi connectivity index (χ0) is 28.1. The number of hydrogen-bond donors (Lipinski definition) is 1. The average molecular weight is 614 g/mol. The van der Waals surface area contributed by atoms with Gasteiger partial charge in [-0.15, -0.1) is 0 Å². The van der Waals surface area contributed by atoms with E-state index in [-0.39, 0.29) is 23.3 Å². The number of halogens is 2. The van der Waals surface area contributed by atoms with Crippen molar-refractivity contribution < 1.29 is 19.1 Å². The second kappa shape index (κ2) is 10.6. The molecule has 1 fully saturated rings. The van der Waals surface area contributed by atoms with E-state index in [1.807, 2.05) is 25.1 Å². The molecule has 3 heterocycles. The van der Waals surface area contributed by atoms with E-state index in [0.29, 0.717) is 32.3 Å². The van der Waals surface area contributed by atoms with Crippen LogP contribution in [0.3, 0.4) is 0 Å². The van der Waals surface area contributed by atoms with Crippen LogP contribution in [0.5, 0.6) is 11.5 Å². The minimum absolute atomic E-state index is 0.193. The largest absolute Gasteiger partial charge is 0.493 e. The van der Waals surface area contributed by atoms with Crippen LogP contribution in [0.1, 0.15) is 27.5 Å². The van der Waals surface area contributed by atoms with E-state index in [4.69, 9.17) is 32.7 Å². The molecule has 6 rings (SSSR count). The Labute approximate surface area is 248 Å². The molecule has 3 atom stereocenters. The first-order valence-corrected chi connectivity index (χ1v) is 14.8. The van der Waals surface area contributed by atoms with Gasteiger partial charge in [0.25, 0.3) is 0 Å². The molecule has 2 amide bonds. The number of thioether (sulfide) groups is 1. The molecule has 0 saturated carbocycles. The van der Waals surface area contributed by atoms with Crippen LogP contribution >= 0.6 is 46.3 Å². The summed E-state index contributed by atoms with van der Waals surface area (Å²) in [7, 11) is 1.53. The van der Waals surface area contributed by atoms with Crippen LogP contribution in [0.25, 0.3) is 0 Å². The number of hydrogen-bond acceptors (Lipinski definition) is 7. The summed E-state index contributed by atoms with van der Waals surface area (Å²) in [6, 6.07) is 17.9. The molecule has 0 unspecified atom stereocenters. The lowest BCUT2D eigenvalue weighted by molar-refractivity contribution is -0.122. The minimum Gasteiger partial charge on any atom is -0.493 e. The summed E-state index contributed by atoms with van der Waals surface area (Å²) in [6.45, 7) is 2.14. The smallest absolute Gasteiger partial charge is 0.305 e. The number of nitrogens with zero attached hydrogens (tertiary/aromatic N) is 1. The van der Waals surface area contributed by atoms with Crippen LogP contribution in [0, 0.1) is 12.8 Å². The number of fused-ring (bicyclic) bond motifs is 2. The number of thiazole rings is 1. The van der Waals surface area contributed by atoms with Crippen molar-refractivity contribution in [2.45, 2.75) is 29.7 Å². The first kappa shape index (κ1) is 27.0. The van der Waals surface area contributed by atoms with Gasteiger partial charge in [-0.25, -0.2) is 4.90 Å². The number of carbonyl (C=O) groups is 2. The monoisotopic (exact) mass is 612 g/mol. The van der Waals surface area contributed by atoms with Crippen molar-refractivity contribution in [3.05, 3.63) is 102 Å². The summed E-state index contributed by atoms with van der Waals surface area (Å²) in [5.41, 5.74) is 3.07. The fraction of sp³-hybridized carbons (Fsp3) is 0.207. The zero-order valence-corrected chi connectivity index (χ0v) is 24.4. The maximum atomic E-state index is 13.9. The number of ether oxygens (including phenoxy) is 2. The Morgan fingerprint density at radius 1 is 0.950 bits per heavy atom. The molecule has 1 N–H and O–H groups in total. The Hall–Kier alpha value is -3.24. The van der Waals surface area contributed by atoms with Crippen molar-refractivity contribution >= 4 is 63.8 Å². The SMILES string of the molecule is COc1cc([C@@H]2c3sc(=O)[nH]c3S[C@H]3C(=O)N(c4ccc(C)cc4)C(=O)[C@@H]23)ccc1OCc1ccc(Cl)cc1Cl. The number of nitrogens with one attached hydrogen (secondary N) is 1.